The topological polar surface area (TPSA) is 60.9 Å². The van der Waals surface area contributed by atoms with Crippen molar-refractivity contribution in [1.82, 2.24) is 9.55 Å². The molecule has 82 valence electrons. The molecule has 0 saturated heterocycles. The Morgan fingerprint density at radius 1 is 1.50 bits per heavy atom. The molecule has 2 rings (SSSR count). The molecule has 4 nitrogen and oxygen atoms in total. The number of nitrogens with zero attached hydrogens (tertiary/aromatic N) is 2. The van der Waals surface area contributed by atoms with E-state index in [2.05, 4.69) is 4.98 Å². The van der Waals surface area contributed by atoms with Crippen molar-refractivity contribution in [2.45, 2.75) is 6.92 Å². The highest BCUT2D eigenvalue weighted by Crippen LogP contribution is 2.23. The summed E-state index contributed by atoms with van der Waals surface area (Å²) in [6.45, 7) is 1.84. The number of aromatic nitrogens is 2. The molecule has 0 fully saturated rings. The number of amides is 1. The number of benzene rings is 1. The normalized spacial score (nSPS) is 10.4. The number of halogens is 1. The number of imidazole rings is 1. The molecule has 1 amide bonds. The molecule has 1 aromatic heterocycles. The van der Waals surface area contributed by atoms with Crippen LogP contribution in [0.2, 0.25) is 5.02 Å². The second kappa shape index (κ2) is 3.98. The van der Waals surface area contributed by atoms with E-state index < -0.39 is 5.91 Å². The monoisotopic (exact) mass is 235 g/mol. The quantitative estimate of drug-likeness (QED) is 0.865. The molecule has 16 heavy (non-hydrogen) atoms. The first-order valence-corrected chi connectivity index (χ1v) is 5.07. The first kappa shape index (κ1) is 10.7. The highest BCUT2D eigenvalue weighted by atomic mass is 35.5. The summed E-state index contributed by atoms with van der Waals surface area (Å²) in [5.74, 6) is 0.221. The van der Waals surface area contributed by atoms with Crippen LogP contribution in [-0.2, 0) is 0 Å². The van der Waals surface area contributed by atoms with E-state index >= 15 is 0 Å². The third kappa shape index (κ3) is 1.67. The zero-order chi connectivity index (χ0) is 11.7. The second-order valence-corrected chi connectivity index (χ2v) is 3.75. The fourth-order valence-corrected chi connectivity index (χ4v) is 1.85. The van der Waals surface area contributed by atoms with Gasteiger partial charge in [-0.05, 0) is 19.1 Å². The first-order chi connectivity index (χ1) is 7.61. The number of nitrogens with two attached hydrogens (primary N) is 1. The van der Waals surface area contributed by atoms with Gasteiger partial charge in [-0.1, -0.05) is 17.7 Å². The first-order valence-electron chi connectivity index (χ1n) is 4.70. The maximum absolute atomic E-state index is 11.4. The van der Waals surface area contributed by atoms with Crippen molar-refractivity contribution in [3.63, 3.8) is 0 Å². The van der Waals surface area contributed by atoms with Crippen molar-refractivity contribution in [2.24, 2.45) is 5.73 Å². The van der Waals surface area contributed by atoms with Gasteiger partial charge in [-0.15, -0.1) is 0 Å². The summed E-state index contributed by atoms with van der Waals surface area (Å²) in [6.07, 6.45) is 3.41. The lowest BCUT2D eigenvalue weighted by Crippen LogP contribution is -2.15. The average Bonchev–Trinajstić information content (AvgIpc) is 2.63. The average molecular weight is 236 g/mol. The zero-order valence-corrected chi connectivity index (χ0v) is 9.40. The van der Waals surface area contributed by atoms with Crippen LogP contribution in [0.15, 0.2) is 30.6 Å². The summed E-state index contributed by atoms with van der Waals surface area (Å²) in [5, 5.41) is 0.345. The van der Waals surface area contributed by atoms with Crippen molar-refractivity contribution < 1.29 is 4.79 Å². The molecule has 0 aliphatic rings. The smallest absolute Gasteiger partial charge is 0.252 e. The van der Waals surface area contributed by atoms with Crippen LogP contribution in [-0.4, -0.2) is 15.5 Å². The fraction of sp³-hybridized carbons (Fsp3) is 0.0909. The minimum atomic E-state index is -0.547. The molecule has 2 N–H and O–H groups in total. The molecular weight excluding hydrogens is 226 g/mol. The summed E-state index contributed by atoms with van der Waals surface area (Å²) in [6, 6.07) is 5.18. The Labute approximate surface area is 97.7 Å². The van der Waals surface area contributed by atoms with Crippen LogP contribution in [0, 0.1) is 6.92 Å². The van der Waals surface area contributed by atoms with Gasteiger partial charge in [0.1, 0.15) is 5.82 Å². The van der Waals surface area contributed by atoms with Crippen molar-refractivity contribution in [2.75, 3.05) is 0 Å². The van der Waals surface area contributed by atoms with Crippen molar-refractivity contribution in [3.8, 4) is 5.69 Å². The van der Waals surface area contributed by atoms with Crippen molar-refractivity contribution in [1.29, 1.82) is 0 Å². The highest BCUT2D eigenvalue weighted by Gasteiger charge is 2.14. The van der Waals surface area contributed by atoms with Crippen LogP contribution in [0.3, 0.4) is 0 Å². The van der Waals surface area contributed by atoms with Crippen LogP contribution in [0.4, 0.5) is 0 Å². The summed E-state index contributed by atoms with van der Waals surface area (Å²) in [7, 11) is 0. The second-order valence-electron chi connectivity index (χ2n) is 3.34. The molecule has 0 saturated carbocycles. The van der Waals surface area contributed by atoms with E-state index in [0.717, 1.165) is 5.82 Å². The lowest BCUT2D eigenvalue weighted by molar-refractivity contribution is 0.100. The van der Waals surface area contributed by atoms with Crippen LogP contribution in [0.1, 0.15) is 16.2 Å². The number of aryl methyl sites for hydroxylation is 1. The van der Waals surface area contributed by atoms with Crippen LogP contribution < -0.4 is 5.73 Å². The molecule has 1 aromatic carbocycles. The standard InChI is InChI=1S/C11H10ClN3O/c1-7-14-5-6-15(7)9-4-2-3-8(12)10(9)11(13)16/h2-6H,1H3,(H2,13,16). The molecule has 0 unspecified atom stereocenters. The van der Waals surface area contributed by atoms with E-state index in [1.165, 1.54) is 0 Å². The van der Waals surface area contributed by atoms with Gasteiger partial charge in [-0.3, -0.25) is 4.79 Å². The predicted molar refractivity (Wildman–Crippen MR) is 61.8 cm³/mol. The van der Waals surface area contributed by atoms with Gasteiger partial charge in [-0.25, -0.2) is 4.98 Å². The Balaban J connectivity index is 2.70. The van der Waals surface area contributed by atoms with E-state index in [0.29, 0.717) is 16.3 Å². The van der Waals surface area contributed by atoms with Crippen molar-refractivity contribution in [3.05, 3.63) is 47.0 Å². The van der Waals surface area contributed by atoms with Gasteiger partial charge in [0, 0.05) is 12.4 Å². The van der Waals surface area contributed by atoms with Gasteiger partial charge in [-0.2, -0.15) is 0 Å². The molecular formula is C11H10ClN3O. The van der Waals surface area contributed by atoms with Gasteiger partial charge in [0.05, 0.1) is 16.3 Å². The summed E-state index contributed by atoms with van der Waals surface area (Å²) < 4.78 is 1.77. The molecule has 0 radical (unpaired) electrons. The Kier molecular flexibility index (Phi) is 2.66. The van der Waals surface area contributed by atoms with Gasteiger partial charge in [0.25, 0.3) is 5.91 Å². The molecule has 0 bridgehead atoms. The molecule has 2 aromatic rings. The number of primary amides is 1. The molecule has 1 heterocycles. The highest BCUT2D eigenvalue weighted by molar-refractivity contribution is 6.34. The van der Waals surface area contributed by atoms with E-state index in [1.807, 2.05) is 6.92 Å². The Morgan fingerprint density at radius 3 is 2.81 bits per heavy atom. The Hall–Kier alpha value is -1.81. The van der Waals surface area contributed by atoms with Crippen LogP contribution >= 0.6 is 11.6 Å². The lowest BCUT2D eigenvalue weighted by Gasteiger charge is -2.10. The van der Waals surface area contributed by atoms with Gasteiger partial charge < -0.3 is 10.3 Å². The Bertz CT molecular complexity index is 548. The molecule has 0 atom stereocenters. The van der Waals surface area contributed by atoms with Crippen LogP contribution in [0.25, 0.3) is 5.69 Å². The summed E-state index contributed by atoms with van der Waals surface area (Å²) in [5.41, 5.74) is 6.27. The van der Waals surface area contributed by atoms with Crippen molar-refractivity contribution >= 4 is 17.5 Å². The largest absolute Gasteiger partial charge is 0.365 e. The van der Waals surface area contributed by atoms with Gasteiger partial charge in [0.15, 0.2) is 0 Å². The molecule has 0 aliphatic carbocycles. The SMILES string of the molecule is Cc1nccn1-c1cccc(Cl)c1C(N)=O. The van der Waals surface area contributed by atoms with E-state index in [1.54, 1.807) is 35.2 Å². The zero-order valence-electron chi connectivity index (χ0n) is 8.64. The number of rotatable bonds is 2. The van der Waals surface area contributed by atoms with Crippen LogP contribution in [0.5, 0.6) is 0 Å². The molecule has 0 aliphatic heterocycles. The summed E-state index contributed by atoms with van der Waals surface area (Å²) in [4.78, 5) is 15.4. The minimum absolute atomic E-state index is 0.310. The fourth-order valence-electron chi connectivity index (χ4n) is 1.59. The minimum Gasteiger partial charge on any atom is -0.365 e. The number of carbonyl (C=O) groups excluding carboxylic acids is 1. The Morgan fingerprint density at radius 2 is 2.25 bits per heavy atom. The third-order valence-electron chi connectivity index (χ3n) is 2.32. The predicted octanol–water partition coefficient (Wildman–Crippen LogP) is 1.93. The molecule has 5 heteroatoms. The number of hydrogen-bond donors (Lipinski definition) is 1. The van der Waals surface area contributed by atoms with Gasteiger partial charge >= 0.3 is 0 Å². The third-order valence-corrected chi connectivity index (χ3v) is 2.64. The van der Waals surface area contributed by atoms with Gasteiger partial charge in [0.2, 0.25) is 0 Å². The molecule has 0 spiro atoms. The number of hydrogen-bond acceptors (Lipinski definition) is 2. The summed E-state index contributed by atoms with van der Waals surface area (Å²) >= 11 is 5.96. The maximum Gasteiger partial charge on any atom is 0.252 e. The van der Waals surface area contributed by atoms with E-state index in [9.17, 15) is 4.79 Å². The van der Waals surface area contributed by atoms with E-state index in [-0.39, 0.29) is 0 Å². The maximum atomic E-state index is 11.4. The number of carbonyl (C=O) groups is 1. The van der Waals surface area contributed by atoms with E-state index in [4.69, 9.17) is 17.3 Å². The lowest BCUT2D eigenvalue weighted by atomic mass is 10.1.